The molecule has 0 aromatic heterocycles. The van der Waals surface area contributed by atoms with E-state index >= 15 is 0 Å². The Kier molecular flexibility index (Phi) is 6.89. The number of hydrogen-bond donors (Lipinski definition) is 2. The van der Waals surface area contributed by atoms with Crippen LogP contribution in [0.3, 0.4) is 0 Å². The van der Waals surface area contributed by atoms with E-state index in [1.807, 2.05) is 0 Å². The summed E-state index contributed by atoms with van der Waals surface area (Å²) in [4.78, 5) is 3.46. The van der Waals surface area contributed by atoms with Crippen LogP contribution in [-0.2, 0) is 13.0 Å². The standard InChI is InChI=1S/C22H30N2O/c1-2-20-10-6-11-22(18-20)25-17-7-12-23-13-15-24(16-14-23)19-21-8-4-3-5-9-21/h3-6,8-11,18H,2,7,12-17,19H2,1H3/p+2. The summed E-state index contributed by atoms with van der Waals surface area (Å²) in [6.07, 6.45) is 2.21. The van der Waals surface area contributed by atoms with Crippen LogP contribution >= 0.6 is 0 Å². The first-order chi connectivity index (χ1) is 12.3. The summed E-state index contributed by atoms with van der Waals surface area (Å²) < 4.78 is 5.92. The molecule has 1 saturated heterocycles. The minimum absolute atomic E-state index is 0.831. The quantitative estimate of drug-likeness (QED) is 0.686. The molecule has 1 aliphatic rings. The Morgan fingerprint density at radius 3 is 2.32 bits per heavy atom. The Hall–Kier alpha value is -1.84. The lowest BCUT2D eigenvalue weighted by Crippen LogP contribution is -3.27. The van der Waals surface area contributed by atoms with Gasteiger partial charge in [-0.05, 0) is 24.1 Å². The summed E-state index contributed by atoms with van der Waals surface area (Å²) in [6.45, 7) is 10.5. The van der Waals surface area contributed by atoms with Crippen molar-refractivity contribution in [2.24, 2.45) is 0 Å². The average molecular weight is 341 g/mol. The fraction of sp³-hybridized carbons (Fsp3) is 0.455. The van der Waals surface area contributed by atoms with Crippen molar-refractivity contribution in [1.82, 2.24) is 0 Å². The van der Waals surface area contributed by atoms with Crippen molar-refractivity contribution < 1.29 is 14.5 Å². The third-order valence-corrected chi connectivity index (χ3v) is 5.21. The molecule has 0 atom stereocenters. The topological polar surface area (TPSA) is 18.1 Å². The van der Waals surface area contributed by atoms with Crippen LogP contribution in [0.1, 0.15) is 24.5 Å². The Labute approximate surface area is 152 Å². The Bertz CT molecular complexity index is 621. The molecule has 1 aliphatic heterocycles. The van der Waals surface area contributed by atoms with E-state index in [1.54, 1.807) is 9.80 Å². The molecule has 0 amide bonds. The van der Waals surface area contributed by atoms with E-state index in [-0.39, 0.29) is 0 Å². The van der Waals surface area contributed by atoms with Crippen LogP contribution in [0, 0.1) is 0 Å². The molecule has 2 aromatic rings. The number of nitrogens with one attached hydrogen (secondary N) is 2. The second-order valence-corrected chi connectivity index (χ2v) is 7.12. The van der Waals surface area contributed by atoms with Gasteiger partial charge in [0.15, 0.2) is 0 Å². The average Bonchev–Trinajstić information content (AvgIpc) is 2.67. The van der Waals surface area contributed by atoms with Gasteiger partial charge >= 0.3 is 0 Å². The van der Waals surface area contributed by atoms with E-state index < -0.39 is 0 Å². The predicted octanol–water partition coefficient (Wildman–Crippen LogP) is 1.00. The van der Waals surface area contributed by atoms with Crippen LogP contribution in [0.15, 0.2) is 54.6 Å². The molecule has 0 saturated carbocycles. The number of rotatable bonds is 8. The highest BCUT2D eigenvalue weighted by Gasteiger charge is 2.22. The van der Waals surface area contributed by atoms with Gasteiger partial charge < -0.3 is 14.5 Å². The fourth-order valence-corrected chi connectivity index (χ4v) is 3.64. The maximum atomic E-state index is 5.92. The van der Waals surface area contributed by atoms with Crippen LogP contribution in [0.5, 0.6) is 5.75 Å². The van der Waals surface area contributed by atoms with Crippen molar-refractivity contribution in [3.05, 3.63) is 65.7 Å². The van der Waals surface area contributed by atoms with Gasteiger partial charge in [-0.2, -0.15) is 0 Å². The molecular weight excluding hydrogens is 308 g/mol. The highest BCUT2D eigenvalue weighted by atomic mass is 16.5. The first kappa shape index (κ1) is 18.0. The maximum absolute atomic E-state index is 5.92. The Balaban J connectivity index is 1.31. The molecule has 3 nitrogen and oxygen atoms in total. The number of ether oxygens (including phenoxy) is 1. The lowest BCUT2D eigenvalue weighted by molar-refractivity contribution is -1.02. The highest BCUT2D eigenvalue weighted by molar-refractivity contribution is 5.28. The molecule has 0 unspecified atom stereocenters. The lowest BCUT2D eigenvalue weighted by Gasteiger charge is -2.29. The van der Waals surface area contributed by atoms with Crippen LogP contribution in [0.4, 0.5) is 0 Å². The van der Waals surface area contributed by atoms with Crippen molar-refractivity contribution in [2.45, 2.75) is 26.3 Å². The van der Waals surface area contributed by atoms with Gasteiger partial charge in [0, 0.05) is 12.0 Å². The van der Waals surface area contributed by atoms with Crippen LogP contribution in [0.2, 0.25) is 0 Å². The third kappa shape index (κ3) is 5.87. The zero-order valence-corrected chi connectivity index (χ0v) is 15.5. The van der Waals surface area contributed by atoms with Gasteiger partial charge in [0.25, 0.3) is 0 Å². The molecule has 0 aliphatic carbocycles. The van der Waals surface area contributed by atoms with E-state index in [0.29, 0.717) is 0 Å². The molecule has 1 fully saturated rings. The molecule has 25 heavy (non-hydrogen) atoms. The van der Waals surface area contributed by atoms with Crippen molar-refractivity contribution in [3.8, 4) is 5.75 Å². The molecule has 3 heteroatoms. The van der Waals surface area contributed by atoms with Gasteiger partial charge in [0.1, 0.15) is 38.5 Å². The van der Waals surface area contributed by atoms with Gasteiger partial charge in [-0.15, -0.1) is 0 Å². The summed E-state index contributed by atoms with van der Waals surface area (Å²) in [5.41, 5.74) is 2.81. The van der Waals surface area contributed by atoms with Gasteiger partial charge in [-0.1, -0.05) is 49.4 Å². The fourth-order valence-electron chi connectivity index (χ4n) is 3.64. The van der Waals surface area contributed by atoms with Crippen LogP contribution in [0.25, 0.3) is 0 Å². The molecule has 0 radical (unpaired) electrons. The predicted molar refractivity (Wildman–Crippen MR) is 102 cm³/mol. The van der Waals surface area contributed by atoms with E-state index in [1.165, 1.54) is 50.4 Å². The highest BCUT2D eigenvalue weighted by Crippen LogP contribution is 2.13. The third-order valence-electron chi connectivity index (χ3n) is 5.21. The van der Waals surface area contributed by atoms with Crippen LogP contribution < -0.4 is 14.5 Å². The number of aryl methyl sites for hydroxylation is 1. The second-order valence-electron chi connectivity index (χ2n) is 7.12. The van der Waals surface area contributed by atoms with Crippen LogP contribution in [-0.4, -0.2) is 39.3 Å². The first-order valence-corrected chi connectivity index (χ1v) is 9.76. The number of quaternary nitrogens is 2. The normalized spacial score (nSPS) is 20.4. The van der Waals surface area contributed by atoms with Crippen molar-refractivity contribution in [1.29, 1.82) is 0 Å². The molecule has 3 rings (SSSR count). The summed E-state index contributed by atoms with van der Waals surface area (Å²) in [5.74, 6) is 1.02. The SMILES string of the molecule is CCc1cccc(OCCC[NH+]2CC[NH+](Cc3ccccc3)CC2)c1. The zero-order chi connectivity index (χ0) is 17.3. The Morgan fingerprint density at radius 1 is 0.840 bits per heavy atom. The minimum Gasteiger partial charge on any atom is -0.493 e. The molecule has 0 bridgehead atoms. The van der Waals surface area contributed by atoms with E-state index in [0.717, 1.165) is 25.2 Å². The van der Waals surface area contributed by atoms with Gasteiger partial charge in [0.05, 0.1) is 13.2 Å². The molecule has 2 aromatic carbocycles. The molecule has 134 valence electrons. The van der Waals surface area contributed by atoms with Gasteiger partial charge in [-0.25, -0.2) is 0 Å². The van der Waals surface area contributed by atoms with Crippen molar-refractivity contribution in [2.75, 3.05) is 39.3 Å². The molecule has 0 spiro atoms. The van der Waals surface area contributed by atoms with Crippen molar-refractivity contribution in [3.63, 3.8) is 0 Å². The lowest BCUT2D eigenvalue weighted by atomic mass is 10.2. The largest absolute Gasteiger partial charge is 0.493 e. The number of piperazine rings is 1. The van der Waals surface area contributed by atoms with Gasteiger partial charge in [-0.3, -0.25) is 0 Å². The second kappa shape index (κ2) is 9.59. The first-order valence-electron chi connectivity index (χ1n) is 9.76. The summed E-state index contributed by atoms with van der Waals surface area (Å²) in [5, 5.41) is 0. The number of benzene rings is 2. The summed E-state index contributed by atoms with van der Waals surface area (Å²) >= 11 is 0. The monoisotopic (exact) mass is 340 g/mol. The summed E-state index contributed by atoms with van der Waals surface area (Å²) in [7, 11) is 0. The molecule has 2 N–H and O–H groups in total. The maximum Gasteiger partial charge on any atom is 0.127 e. The summed E-state index contributed by atoms with van der Waals surface area (Å²) in [6, 6.07) is 19.4. The van der Waals surface area contributed by atoms with Gasteiger partial charge in [0.2, 0.25) is 0 Å². The zero-order valence-electron chi connectivity index (χ0n) is 15.5. The molecular formula is C22H32N2O+2. The van der Waals surface area contributed by atoms with E-state index in [9.17, 15) is 0 Å². The molecule has 1 heterocycles. The minimum atomic E-state index is 0.831. The van der Waals surface area contributed by atoms with E-state index in [2.05, 4.69) is 61.5 Å². The van der Waals surface area contributed by atoms with E-state index in [4.69, 9.17) is 4.74 Å². The number of hydrogen-bond acceptors (Lipinski definition) is 1. The van der Waals surface area contributed by atoms with Crippen molar-refractivity contribution >= 4 is 0 Å². The Morgan fingerprint density at radius 2 is 1.56 bits per heavy atom. The smallest absolute Gasteiger partial charge is 0.127 e.